The Morgan fingerprint density at radius 2 is 1.11 bits per heavy atom. The summed E-state index contributed by atoms with van der Waals surface area (Å²) in [6.45, 7) is 4.29. The molecule has 2 fully saturated rings. The molecule has 0 radical (unpaired) electrons. The zero-order valence-electron chi connectivity index (χ0n) is 37.4. The van der Waals surface area contributed by atoms with Gasteiger partial charge in [0.05, 0.1) is 78.2 Å². The molecule has 4 amide bonds. The third kappa shape index (κ3) is 8.58. The van der Waals surface area contributed by atoms with Crippen LogP contribution < -0.4 is 10.6 Å². The van der Waals surface area contributed by atoms with Gasteiger partial charge in [0.25, 0.3) is 10.0 Å². The first-order valence-electron chi connectivity index (χ1n) is 21.6. The lowest BCUT2D eigenvalue weighted by Crippen LogP contribution is -2.54. The molecule has 0 unspecified atom stereocenters. The van der Waals surface area contributed by atoms with Gasteiger partial charge in [0.15, 0.2) is 0 Å². The Kier molecular flexibility index (Phi) is 13.2. The molecule has 6 atom stereocenters. The van der Waals surface area contributed by atoms with Crippen LogP contribution in [-0.4, -0.2) is 132 Å². The molecule has 8 rings (SSSR count). The summed E-state index contributed by atoms with van der Waals surface area (Å²) < 4.78 is 51.3. The molecule has 348 valence electrons. The molecule has 0 spiro atoms. The van der Waals surface area contributed by atoms with Crippen molar-refractivity contribution in [1.82, 2.24) is 44.3 Å². The van der Waals surface area contributed by atoms with Gasteiger partial charge < -0.3 is 49.3 Å². The minimum atomic E-state index is -4.17. The van der Waals surface area contributed by atoms with E-state index >= 15 is 0 Å². The van der Waals surface area contributed by atoms with E-state index in [-0.39, 0.29) is 16.7 Å². The van der Waals surface area contributed by atoms with E-state index in [4.69, 9.17) is 28.9 Å². The number of ether oxygens (including phenoxy) is 4. The van der Waals surface area contributed by atoms with Crippen LogP contribution in [0.1, 0.15) is 63.3 Å². The van der Waals surface area contributed by atoms with Crippen LogP contribution in [0.4, 0.5) is 9.59 Å². The second-order valence-electron chi connectivity index (χ2n) is 16.4. The van der Waals surface area contributed by atoms with Crippen LogP contribution in [0, 0.1) is 0 Å². The number of carbonyl (C=O) groups is 4. The highest BCUT2D eigenvalue weighted by molar-refractivity contribution is 7.90. The number of amides is 4. The van der Waals surface area contributed by atoms with Crippen LogP contribution >= 0.6 is 0 Å². The van der Waals surface area contributed by atoms with E-state index in [0.717, 1.165) is 0 Å². The van der Waals surface area contributed by atoms with Crippen molar-refractivity contribution in [2.24, 2.45) is 0 Å². The van der Waals surface area contributed by atoms with Crippen molar-refractivity contribution in [3.63, 3.8) is 0 Å². The lowest BCUT2D eigenvalue weighted by atomic mass is 10.1. The third-order valence-electron chi connectivity index (χ3n) is 12.7. The van der Waals surface area contributed by atoms with Crippen molar-refractivity contribution in [2.45, 2.75) is 80.8 Å². The molecule has 6 aromatic rings. The minimum absolute atomic E-state index is 0.106. The summed E-state index contributed by atoms with van der Waals surface area (Å²) in [5.74, 6) is 0.436. The summed E-state index contributed by atoms with van der Waals surface area (Å²) in [5.41, 5.74) is 3.44. The average molecular weight is 924 g/mol. The number of carbonyl (C=O) groups excluding carboxylic acids is 4. The largest absolute Gasteiger partial charge is 0.453 e. The smallest absolute Gasteiger partial charge is 0.407 e. The number of alkyl carbamates (subject to hydrolysis) is 2. The second-order valence-corrected chi connectivity index (χ2v) is 18.2. The topological polar surface area (TPSA) is 232 Å². The molecule has 0 bridgehead atoms. The molecule has 5 heterocycles. The Morgan fingerprint density at radius 1 is 0.667 bits per heavy atom. The van der Waals surface area contributed by atoms with Crippen LogP contribution in [0.25, 0.3) is 44.3 Å². The fraction of sp³-hybridized carbons (Fsp3) is 0.391. The SMILES string of the molecule is COC(=O)N[C@H](C(=O)N1CCC[C@H]1c1ncc(-c2ccc3c4ccc(-c5cnc([C@@H]6CCCN6C(=O)[C@@H](NC(=O)OC)[C@@H](C)OC)[nH]5)cc4n(S(=O)(=O)c4ccccc4)c3c2)[nH]1)[C@@H](C)OC. The zero-order valence-corrected chi connectivity index (χ0v) is 38.3. The molecule has 2 aliphatic rings. The molecule has 66 heavy (non-hydrogen) atoms. The molecule has 0 aliphatic carbocycles. The number of rotatable bonds is 14. The first kappa shape index (κ1) is 45.8. The van der Waals surface area contributed by atoms with Gasteiger partial charge in [-0.05, 0) is 63.8 Å². The summed E-state index contributed by atoms with van der Waals surface area (Å²) in [7, 11) is 1.21. The number of hydrogen-bond donors (Lipinski definition) is 4. The lowest BCUT2D eigenvalue weighted by Gasteiger charge is -2.30. The summed E-state index contributed by atoms with van der Waals surface area (Å²) in [6.07, 6.45) is 3.27. The number of H-pyrrole nitrogens is 2. The Balaban J connectivity index is 1.14. The maximum atomic E-state index is 14.8. The van der Waals surface area contributed by atoms with Gasteiger partial charge in [-0.25, -0.2) is 31.9 Å². The van der Waals surface area contributed by atoms with Crippen molar-refractivity contribution >= 4 is 55.8 Å². The summed E-state index contributed by atoms with van der Waals surface area (Å²) in [5, 5.41) is 6.61. The van der Waals surface area contributed by atoms with Gasteiger partial charge in [-0.1, -0.05) is 42.5 Å². The van der Waals surface area contributed by atoms with Crippen molar-refractivity contribution in [3.05, 3.63) is 90.8 Å². The van der Waals surface area contributed by atoms with Crippen molar-refractivity contribution in [3.8, 4) is 22.5 Å². The molecule has 3 aromatic heterocycles. The van der Waals surface area contributed by atoms with Gasteiger partial charge in [0.2, 0.25) is 11.8 Å². The highest BCUT2D eigenvalue weighted by atomic mass is 32.2. The number of aromatic amines is 2. The maximum Gasteiger partial charge on any atom is 0.407 e. The predicted molar refractivity (Wildman–Crippen MR) is 243 cm³/mol. The van der Waals surface area contributed by atoms with Gasteiger partial charge in [-0.2, -0.15) is 0 Å². The number of imidazole rings is 2. The molecule has 2 aliphatic heterocycles. The normalized spacial score (nSPS) is 18.3. The summed E-state index contributed by atoms with van der Waals surface area (Å²) >= 11 is 0. The molecular formula is C46H53N9O10S. The molecule has 2 saturated heterocycles. The van der Waals surface area contributed by atoms with Crippen LogP contribution in [0.2, 0.25) is 0 Å². The zero-order chi connectivity index (χ0) is 46.9. The number of nitrogens with zero attached hydrogens (tertiary/aromatic N) is 5. The molecule has 19 nitrogen and oxygen atoms in total. The van der Waals surface area contributed by atoms with E-state index in [2.05, 4.69) is 20.6 Å². The molecule has 3 aromatic carbocycles. The highest BCUT2D eigenvalue weighted by Crippen LogP contribution is 2.39. The van der Waals surface area contributed by atoms with Gasteiger partial charge in [-0.15, -0.1) is 0 Å². The maximum absolute atomic E-state index is 14.8. The predicted octanol–water partition coefficient (Wildman–Crippen LogP) is 5.66. The quantitative estimate of drug-likeness (QED) is 0.104. The van der Waals surface area contributed by atoms with Gasteiger partial charge in [-0.3, -0.25) is 9.59 Å². The minimum Gasteiger partial charge on any atom is -0.453 e. The Hall–Kier alpha value is -6.77. The van der Waals surface area contributed by atoms with E-state index in [1.54, 1.807) is 66.4 Å². The number of benzene rings is 3. The van der Waals surface area contributed by atoms with E-state index in [9.17, 15) is 27.6 Å². The van der Waals surface area contributed by atoms with Gasteiger partial charge in [0, 0.05) is 49.2 Å². The van der Waals surface area contributed by atoms with Crippen molar-refractivity contribution in [2.75, 3.05) is 41.5 Å². The van der Waals surface area contributed by atoms with Crippen molar-refractivity contribution in [1.29, 1.82) is 0 Å². The number of aromatic nitrogens is 5. The fourth-order valence-corrected chi connectivity index (χ4v) is 10.5. The number of fused-ring (bicyclic) bond motifs is 3. The Bertz CT molecular complexity index is 2720. The lowest BCUT2D eigenvalue weighted by molar-refractivity contribution is -0.138. The number of hydrogen-bond acceptors (Lipinski definition) is 12. The first-order chi connectivity index (χ1) is 31.8. The number of methoxy groups -OCH3 is 4. The van der Waals surface area contributed by atoms with Gasteiger partial charge >= 0.3 is 12.2 Å². The number of likely N-dealkylation sites (tertiary alicyclic amines) is 2. The van der Waals surface area contributed by atoms with E-state index in [1.165, 1.54) is 32.4 Å². The third-order valence-corrected chi connectivity index (χ3v) is 14.4. The van der Waals surface area contributed by atoms with Gasteiger partial charge in [0.1, 0.15) is 23.7 Å². The molecular weight excluding hydrogens is 871 g/mol. The molecule has 0 saturated carbocycles. The fourth-order valence-electron chi connectivity index (χ4n) is 8.97. The Labute approximate surface area is 381 Å². The van der Waals surface area contributed by atoms with Crippen LogP contribution in [-0.2, 0) is 38.6 Å². The van der Waals surface area contributed by atoms with E-state index in [1.807, 2.05) is 36.4 Å². The Morgan fingerprint density at radius 3 is 1.52 bits per heavy atom. The standard InChI is InChI=1S/C46H53N9O10S/c1-26(62-3)39(51-45(58)64-5)43(56)53-20-10-14-35(53)41-47-24-33(49-41)28-16-18-31-32-19-17-29(23-38(32)55(37(31)22-28)66(60,61)30-12-8-7-9-13-30)34-25-48-42(50-34)36-15-11-21-54(36)44(57)40(27(2)63-4)52-46(59)65-6/h7-9,12-13,16-19,22-27,35-36,39-40H,10-11,14-15,20-21H2,1-6H3,(H,47,49)(H,48,50)(H,51,58)(H,52,59)/t26-,27-,35+,36+,39+,40+/m1/s1. The van der Waals surface area contributed by atoms with Crippen LogP contribution in [0.3, 0.4) is 0 Å². The summed E-state index contributed by atoms with van der Waals surface area (Å²) in [6, 6.07) is 16.6. The van der Waals surface area contributed by atoms with Crippen LogP contribution in [0.5, 0.6) is 0 Å². The van der Waals surface area contributed by atoms with E-state index in [0.29, 0.717) is 94.7 Å². The monoisotopic (exact) mass is 923 g/mol. The highest BCUT2D eigenvalue weighted by Gasteiger charge is 2.40. The number of nitrogens with one attached hydrogen (secondary N) is 4. The van der Waals surface area contributed by atoms with Crippen LogP contribution in [0.15, 0.2) is 84.0 Å². The second kappa shape index (κ2) is 19.0. The molecule has 4 N–H and O–H groups in total. The average Bonchev–Trinajstić information content (AvgIpc) is 4.20. The first-order valence-corrected chi connectivity index (χ1v) is 23.1. The van der Waals surface area contributed by atoms with E-state index < -0.39 is 58.6 Å². The molecule has 20 heteroatoms. The summed E-state index contributed by atoms with van der Waals surface area (Å²) in [4.78, 5) is 71.8. The van der Waals surface area contributed by atoms with Crippen molar-refractivity contribution < 1.29 is 46.5 Å².